The molecule has 1 aromatic heterocycles. The van der Waals surface area contributed by atoms with E-state index in [1.165, 1.54) is 11.8 Å². The van der Waals surface area contributed by atoms with Crippen LogP contribution in [0.15, 0.2) is 34.7 Å². The molecular formula is C14H11Cl2NO3S. The number of carboxylic acid groups (broad SMARTS) is 1. The summed E-state index contributed by atoms with van der Waals surface area (Å²) < 4.78 is 5.80. The smallest absolute Gasteiger partial charge is 0.318 e. The Balaban J connectivity index is 1.84. The van der Waals surface area contributed by atoms with Crippen molar-refractivity contribution in [3.05, 3.63) is 46.1 Å². The number of hydrogen-bond acceptors (Lipinski definition) is 4. The van der Waals surface area contributed by atoms with Crippen molar-refractivity contribution in [1.29, 1.82) is 0 Å². The summed E-state index contributed by atoms with van der Waals surface area (Å²) in [5.74, 6) is 0.466. The van der Waals surface area contributed by atoms with Gasteiger partial charge in [-0.1, -0.05) is 23.2 Å². The first kappa shape index (κ1) is 14.8. The second-order valence-corrected chi connectivity index (χ2v) is 6.73. The SMILES string of the molecule is O=C(O)[C@H]1CN[C@@H](c2ccc(-c3cc(Cl)ccc3Cl)o2)S1. The summed E-state index contributed by atoms with van der Waals surface area (Å²) in [5, 5.41) is 12.6. The van der Waals surface area contributed by atoms with Crippen molar-refractivity contribution in [2.24, 2.45) is 0 Å². The number of nitrogens with one attached hydrogen (secondary N) is 1. The van der Waals surface area contributed by atoms with E-state index in [4.69, 9.17) is 32.7 Å². The Morgan fingerprint density at radius 1 is 1.33 bits per heavy atom. The van der Waals surface area contributed by atoms with Gasteiger partial charge in [0, 0.05) is 17.1 Å². The Morgan fingerprint density at radius 3 is 2.86 bits per heavy atom. The van der Waals surface area contributed by atoms with E-state index in [1.807, 2.05) is 12.1 Å². The van der Waals surface area contributed by atoms with Gasteiger partial charge < -0.3 is 9.52 Å². The summed E-state index contributed by atoms with van der Waals surface area (Å²) in [5.41, 5.74) is 0.716. The highest BCUT2D eigenvalue weighted by Gasteiger charge is 2.32. The summed E-state index contributed by atoms with van der Waals surface area (Å²) in [6.45, 7) is 0.415. The summed E-state index contributed by atoms with van der Waals surface area (Å²) in [7, 11) is 0. The third-order valence-corrected chi connectivity index (χ3v) is 5.08. The second-order valence-electron chi connectivity index (χ2n) is 4.58. The highest BCUT2D eigenvalue weighted by molar-refractivity contribution is 8.01. The fraction of sp³-hybridized carbons (Fsp3) is 0.214. The van der Waals surface area contributed by atoms with Gasteiger partial charge in [-0.3, -0.25) is 10.1 Å². The average molecular weight is 344 g/mol. The molecule has 0 aliphatic carbocycles. The first-order valence-electron chi connectivity index (χ1n) is 6.21. The molecule has 7 heteroatoms. The van der Waals surface area contributed by atoms with Crippen LogP contribution in [-0.4, -0.2) is 22.9 Å². The van der Waals surface area contributed by atoms with Crippen LogP contribution in [0.3, 0.4) is 0 Å². The van der Waals surface area contributed by atoms with Crippen LogP contribution in [0.1, 0.15) is 11.1 Å². The van der Waals surface area contributed by atoms with E-state index in [1.54, 1.807) is 18.2 Å². The molecule has 1 saturated heterocycles. The maximum absolute atomic E-state index is 11.0. The minimum Gasteiger partial charge on any atom is -0.480 e. The number of aliphatic carboxylic acids is 1. The number of carboxylic acids is 1. The molecule has 0 spiro atoms. The normalized spacial score (nSPS) is 21.6. The van der Waals surface area contributed by atoms with Crippen molar-refractivity contribution >= 4 is 40.9 Å². The molecule has 2 aromatic rings. The van der Waals surface area contributed by atoms with Gasteiger partial charge in [-0.25, -0.2) is 0 Å². The Bertz CT molecular complexity index is 689. The molecule has 110 valence electrons. The lowest BCUT2D eigenvalue weighted by atomic mass is 10.2. The van der Waals surface area contributed by atoms with Crippen LogP contribution >= 0.6 is 35.0 Å². The monoisotopic (exact) mass is 343 g/mol. The molecule has 0 bridgehead atoms. The molecule has 0 saturated carbocycles. The molecule has 1 fully saturated rings. The lowest BCUT2D eigenvalue weighted by Crippen LogP contribution is -2.21. The minimum absolute atomic E-state index is 0.169. The number of rotatable bonds is 3. The molecule has 1 aliphatic rings. The largest absolute Gasteiger partial charge is 0.480 e. The molecular weight excluding hydrogens is 333 g/mol. The molecule has 2 atom stereocenters. The number of hydrogen-bond donors (Lipinski definition) is 2. The quantitative estimate of drug-likeness (QED) is 0.880. The number of thioether (sulfide) groups is 1. The van der Waals surface area contributed by atoms with Gasteiger partial charge >= 0.3 is 5.97 Å². The maximum atomic E-state index is 11.0. The van der Waals surface area contributed by atoms with Crippen molar-refractivity contribution in [3.8, 4) is 11.3 Å². The predicted octanol–water partition coefficient (Wildman–Crippen LogP) is 4.04. The van der Waals surface area contributed by atoms with E-state index in [9.17, 15) is 4.79 Å². The number of benzene rings is 1. The van der Waals surface area contributed by atoms with Gasteiger partial charge in [0.2, 0.25) is 0 Å². The second kappa shape index (κ2) is 5.93. The van der Waals surface area contributed by atoms with E-state index in [2.05, 4.69) is 5.32 Å². The zero-order chi connectivity index (χ0) is 15.0. The number of carbonyl (C=O) groups is 1. The summed E-state index contributed by atoms with van der Waals surface area (Å²) >= 11 is 13.4. The average Bonchev–Trinajstić information content (AvgIpc) is 3.09. The van der Waals surface area contributed by atoms with Gasteiger partial charge in [-0.2, -0.15) is 0 Å². The van der Waals surface area contributed by atoms with Gasteiger partial charge in [0.1, 0.15) is 22.1 Å². The minimum atomic E-state index is -0.820. The zero-order valence-electron chi connectivity index (χ0n) is 10.7. The van der Waals surface area contributed by atoms with Crippen LogP contribution in [-0.2, 0) is 4.79 Å². The van der Waals surface area contributed by atoms with Gasteiger partial charge in [-0.15, -0.1) is 11.8 Å². The number of furan rings is 1. The van der Waals surface area contributed by atoms with E-state index < -0.39 is 11.2 Å². The van der Waals surface area contributed by atoms with E-state index in [0.29, 0.717) is 33.7 Å². The van der Waals surface area contributed by atoms with Gasteiger partial charge in [0.25, 0.3) is 0 Å². The van der Waals surface area contributed by atoms with Gasteiger partial charge in [0.05, 0.1) is 5.02 Å². The lowest BCUT2D eigenvalue weighted by molar-refractivity contribution is -0.136. The summed E-state index contributed by atoms with van der Waals surface area (Å²) in [6, 6.07) is 8.79. The van der Waals surface area contributed by atoms with Crippen molar-refractivity contribution in [2.75, 3.05) is 6.54 Å². The van der Waals surface area contributed by atoms with E-state index in [-0.39, 0.29) is 5.37 Å². The van der Waals surface area contributed by atoms with Gasteiger partial charge in [0.15, 0.2) is 0 Å². The van der Waals surface area contributed by atoms with E-state index >= 15 is 0 Å². The summed E-state index contributed by atoms with van der Waals surface area (Å²) in [6.07, 6.45) is 0. The molecule has 3 rings (SSSR count). The first-order chi connectivity index (χ1) is 10.0. The molecule has 2 heterocycles. The molecule has 21 heavy (non-hydrogen) atoms. The van der Waals surface area contributed by atoms with Crippen molar-refractivity contribution in [2.45, 2.75) is 10.6 Å². The zero-order valence-corrected chi connectivity index (χ0v) is 13.0. The molecule has 1 aliphatic heterocycles. The van der Waals surface area contributed by atoms with Crippen LogP contribution in [0.5, 0.6) is 0 Å². The topological polar surface area (TPSA) is 62.5 Å². The summed E-state index contributed by atoms with van der Waals surface area (Å²) in [4.78, 5) is 11.0. The van der Waals surface area contributed by atoms with E-state index in [0.717, 1.165) is 0 Å². The first-order valence-corrected chi connectivity index (χ1v) is 7.91. The highest BCUT2D eigenvalue weighted by atomic mass is 35.5. The van der Waals surface area contributed by atoms with Crippen LogP contribution in [0.2, 0.25) is 10.0 Å². The maximum Gasteiger partial charge on any atom is 0.318 e. The molecule has 4 nitrogen and oxygen atoms in total. The van der Waals surface area contributed by atoms with Crippen LogP contribution in [0.4, 0.5) is 0 Å². The van der Waals surface area contributed by atoms with Crippen molar-refractivity contribution in [1.82, 2.24) is 5.32 Å². The molecule has 0 amide bonds. The standard InChI is InChI=1S/C14H11Cl2NO3S/c15-7-1-2-9(16)8(5-7)10-3-4-11(20-10)13-17-6-12(21-13)14(18)19/h1-5,12-13,17H,6H2,(H,18,19)/t12-,13-/m1/s1. The van der Waals surface area contributed by atoms with Crippen LogP contribution in [0.25, 0.3) is 11.3 Å². The molecule has 0 unspecified atom stereocenters. The Labute approximate surface area is 135 Å². The van der Waals surface area contributed by atoms with Gasteiger partial charge in [-0.05, 0) is 30.3 Å². The third kappa shape index (κ3) is 3.06. The number of halogens is 2. The van der Waals surface area contributed by atoms with Crippen molar-refractivity contribution in [3.63, 3.8) is 0 Å². The fourth-order valence-electron chi connectivity index (χ4n) is 2.11. The fourth-order valence-corrected chi connectivity index (χ4v) is 3.59. The Hall–Kier alpha value is -1.14. The highest BCUT2D eigenvalue weighted by Crippen LogP contribution is 2.39. The van der Waals surface area contributed by atoms with Crippen LogP contribution in [0, 0.1) is 0 Å². The molecule has 0 radical (unpaired) electrons. The van der Waals surface area contributed by atoms with Crippen molar-refractivity contribution < 1.29 is 14.3 Å². The van der Waals surface area contributed by atoms with Crippen LogP contribution < -0.4 is 5.32 Å². The molecule has 2 N–H and O–H groups in total. The Kier molecular flexibility index (Phi) is 4.17. The third-order valence-electron chi connectivity index (χ3n) is 3.14. The molecule has 1 aromatic carbocycles. The predicted molar refractivity (Wildman–Crippen MR) is 83.9 cm³/mol. The Morgan fingerprint density at radius 2 is 2.14 bits per heavy atom. The lowest BCUT2D eigenvalue weighted by Gasteiger charge is -2.06.